The number of carboxylic acid groups (broad SMARTS) is 1. The summed E-state index contributed by atoms with van der Waals surface area (Å²) in [6.07, 6.45) is 4.25. The zero-order valence-electron chi connectivity index (χ0n) is 11.2. The first-order chi connectivity index (χ1) is 8.28. The van der Waals surface area contributed by atoms with Gasteiger partial charge in [0.1, 0.15) is 5.60 Å². The highest BCUT2D eigenvalue weighted by atomic mass is 16.6. The molecule has 1 amide bonds. The van der Waals surface area contributed by atoms with E-state index in [0.29, 0.717) is 13.1 Å². The number of carboxylic acids is 1. The molecule has 1 aliphatic rings. The zero-order chi connectivity index (χ0) is 13.8. The average Bonchev–Trinajstić information content (AvgIpc) is 2.24. The molecule has 0 spiro atoms. The standard InChI is InChI=1S/C13H21NO4/c1-13(2,3)18-12(17)14-8-4-5-10(9-14)6-7-11(15)16/h6-7,10H,4-5,8-9H2,1-3H3,(H,15,16)/b7-6+/t10-/m0/s1. The van der Waals surface area contributed by atoms with E-state index in [-0.39, 0.29) is 12.0 Å². The predicted molar refractivity (Wildman–Crippen MR) is 67.3 cm³/mol. The van der Waals surface area contributed by atoms with Gasteiger partial charge in [-0.3, -0.25) is 0 Å². The maximum Gasteiger partial charge on any atom is 0.410 e. The minimum Gasteiger partial charge on any atom is -0.478 e. The van der Waals surface area contributed by atoms with Gasteiger partial charge in [-0.2, -0.15) is 0 Å². The molecule has 0 aromatic carbocycles. The third-order valence-electron chi connectivity index (χ3n) is 2.62. The molecule has 18 heavy (non-hydrogen) atoms. The summed E-state index contributed by atoms with van der Waals surface area (Å²) >= 11 is 0. The van der Waals surface area contributed by atoms with Crippen molar-refractivity contribution in [3.63, 3.8) is 0 Å². The highest BCUT2D eigenvalue weighted by molar-refractivity contribution is 5.79. The Morgan fingerprint density at radius 2 is 2.06 bits per heavy atom. The molecule has 0 aliphatic carbocycles. The lowest BCUT2D eigenvalue weighted by Crippen LogP contribution is -2.42. The maximum atomic E-state index is 11.9. The largest absolute Gasteiger partial charge is 0.478 e. The second kappa shape index (κ2) is 5.89. The molecule has 5 nitrogen and oxygen atoms in total. The number of rotatable bonds is 2. The summed E-state index contributed by atoms with van der Waals surface area (Å²) in [4.78, 5) is 24.0. The van der Waals surface area contributed by atoms with Gasteiger partial charge in [-0.25, -0.2) is 9.59 Å². The quantitative estimate of drug-likeness (QED) is 0.769. The number of hydrogen-bond donors (Lipinski definition) is 1. The van der Waals surface area contributed by atoms with E-state index in [1.165, 1.54) is 0 Å². The third kappa shape index (κ3) is 5.21. The van der Waals surface area contributed by atoms with Crippen molar-refractivity contribution in [2.75, 3.05) is 13.1 Å². The molecule has 1 saturated heterocycles. The van der Waals surface area contributed by atoms with Crippen molar-refractivity contribution in [2.24, 2.45) is 5.92 Å². The van der Waals surface area contributed by atoms with Crippen LogP contribution < -0.4 is 0 Å². The number of carbonyl (C=O) groups is 2. The Hall–Kier alpha value is -1.52. The van der Waals surface area contributed by atoms with Crippen molar-refractivity contribution in [3.8, 4) is 0 Å². The van der Waals surface area contributed by atoms with E-state index in [9.17, 15) is 9.59 Å². The molecule has 0 radical (unpaired) electrons. The van der Waals surface area contributed by atoms with E-state index in [0.717, 1.165) is 18.9 Å². The average molecular weight is 255 g/mol. The molecule has 0 saturated carbocycles. The van der Waals surface area contributed by atoms with Crippen LogP contribution in [0.15, 0.2) is 12.2 Å². The summed E-state index contributed by atoms with van der Waals surface area (Å²) < 4.78 is 5.30. The first kappa shape index (κ1) is 14.5. The highest BCUT2D eigenvalue weighted by Crippen LogP contribution is 2.20. The Balaban J connectivity index is 2.53. The molecular weight excluding hydrogens is 234 g/mol. The molecule has 1 heterocycles. The molecular formula is C13H21NO4. The summed E-state index contributed by atoms with van der Waals surface area (Å²) in [5, 5.41) is 8.58. The third-order valence-corrected chi connectivity index (χ3v) is 2.62. The van der Waals surface area contributed by atoms with Gasteiger partial charge in [0.05, 0.1) is 0 Å². The SMILES string of the molecule is CC(C)(C)OC(=O)N1CCC[C@@H](/C=C/C(=O)O)C1. The first-order valence-electron chi connectivity index (χ1n) is 6.17. The van der Waals surface area contributed by atoms with Crippen LogP contribution in [0.1, 0.15) is 33.6 Å². The molecule has 0 bridgehead atoms. The van der Waals surface area contributed by atoms with Gasteiger partial charge in [0.25, 0.3) is 0 Å². The number of amides is 1. The zero-order valence-corrected chi connectivity index (χ0v) is 11.2. The van der Waals surface area contributed by atoms with Gasteiger partial charge in [-0.05, 0) is 39.5 Å². The van der Waals surface area contributed by atoms with Crippen molar-refractivity contribution in [1.82, 2.24) is 4.90 Å². The van der Waals surface area contributed by atoms with E-state index in [1.807, 2.05) is 20.8 Å². The number of nitrogens with zero attached hydrogens (tertiary/aromatic N) is 1. The van der Waals surface area contributed by atoms with Crippen LogP contribution in [-0.2, 0) is 9.53 Å². The number of carbonyl (C=O) groups excluding carboxylic acids is 1. The van der Waals surface area contributed by atoms with E-state index < -0.39 is 11.6 Å². The van der Waals surface area contributed by atoms with Crippen LogP contribution in [-0.4, -0.2) is 40.8 Å². The maximum absolute atomic E-state index is 11.9. The molecule has 102 valence electrons. The summed E-state index contributed by atoms with van der Waals surface area (Å²) in [5.74, 6) is -0.855. The molecule has 0 aromatic rings. The van der Waals surface area contributed by atoms with Crippen LogP contribution in [0.5, 0.6) is 0 Å². The van der Waals surface area contributed by atoms with Crippen molar-refractivity contribution in [2.45, 2.75) is 39.2 Å². The van der Waals surface area contributed by atoms with Crippen molar-refractivity contribution < 1.29 is 19.4 Å². The molecule has 0 unspecified atom stereocenters. The summed E-state index contributed by atoms with van der Waals surface area (Å²) in [7, 11) is 0. The Kier molecular flexibility index (Phi) is 4.76. The second-order valence-corrected chi connectivity index (χ2v) is 5.53. The van der Waals surface area contributed by atoms with Gasteiger partial charge in [0.15, 0.2) is 0 Å². The smallest absolute Gasteiger partial charge is 0.410 e. The molecule has 1 fully saturated rings. The molecule has 1 rings (SSSR count). The Morgan fingerprint density at radius 3 is 2.61 bits per heavy atom. The van der Waals surface area contributed by atoms with Gasteiger partial charge < -0.3 is 14.7 Å². The molecule has 1 N–H and O–H groups in total. The second-order valence-electron chi connectivity index (χ2n) is 5.53. The summed E-state index contributed by atoms with van der Waals surface area (Å²) in [6, 6.07) is 0. The van der Waals surface area contributed by atoms with Crippen LogP contribution in [0, 0.1) is 5.92 Å². The monoisotopic (exact) mass is 255 g/mol. The van der Waals surface area contributed by atoms with E-state index in [1.54, 1.807) is 11.0 Å². The van der Waals surface area contributed by atoms with Crippen LogP contribution in [0.2, 0.25) is 0 Å². The van der Waals surface area contributed by atoms with E-state index >= 15 is 0 Å². The highest BCUT2D eigenvalue weighted by Gasteiger charge is 2.26. The summed E-state index contributed by atoms with van der Waals surface area (Å²) in [6.45, 7) is 6.69. The summed E-state index contributed by atoms with van der Waals surface area (Å²) in [5.41, 5.74) is -0.499. The number of ether oxygens (including phenoxy) is 1. The number of aliphatic carboxylic acids is 1. The Labute approximate surface area is 107 Å². The minimum absolute atomic E-state index is 0.0994. The van der Waals surface area contributed by atoms with E-state index in [4.69, 9.17) is 9.84 Å². The molecule has 1 aliphatic heterocycles. The van der Waals surface area contributed by atoms with Gasteiger partial charge in [-0.15, -0.1) is 0 Å². The van der Waals surface area contributed by atoms with Crippen molar-refractivity contribution in [1.29, 1.82) is 0 Å². The number of likely N-dealkylation sites (tertiary alicyclic amines) is 1. The predicted octanol–water partition coefficient (Wildman–Crippen LogP) is 2.27. The van der Waals surface area contributed by atoms with Gasteiger partial charge in [-0.1, -0.05) is 6.08 Å². The van der Waals surface area contributed by atoms with Crippen LogP contribution in [0.4, 0.5) is 4.79 Å². The van der Waals surface area contributed by atoms with E-state index in [2.05, 4.69) is 0 Å². The fourth-order valence-electron chi connectivity index (χ4n) is 1.88. The Morgan fingerprint density at radius 1 is 1.39 bits per heavy atom. The molecule has 5 heteroatoms. The lowest BCUT2D eigenvalue weighted by atomic mass is 9.98. The minimum atomic E-state index is -0.954. The fourth-order valence-corrected chi connectivity index (χ4v) is 1.88. The molecule has 0 aromatic heterocycles. The topological polar surface area (TPSA) is 66.8 Å². The first-order valence-corrected chi connectivity index (χ1v) is 6.17. The van der Waals surface area contributed by atoms with Crippen molar-refractivity contribution >= 4 is 12.1 Å². The lowest BCUT2D eigenvalue weighted by molar-refractivity contribution is -0.131. The number of piperidine rings is 1. The van der Waals surface area contributed by atoms with Crippen LogP contribution in [0.25, 0.3) is 0 Å². The van der Waals surface area contributed by atoms with Crippen molar-refractivity contribution in [3.05, 3.63) is 12.2 Å². The molecule has 1 atom stereocenters. The fraction of sp³-hybridized carbons (Fsp3) is 0.692. The van der Waals surface area contributed by atoms with Crippen LogP contribution >= 0.6 is 0 Å². The van der Waals surface area contributed by atoms with Gasteiger partial charge in [0.2, 0.25) is 0 Å². The Bertz CT molecular complexity index is 343. The normalized spacial score (nSPS) is 21.1. The van der Waals surface area contributed by atoms with Gasteiger partial charge >= 0.3 is 12.1 Å². The lowest BCUT2D eigenvalue weighted by Gasteiger charge is -2.33. The van der Waals surface area contributed by atoms with Gasteiger partial charge in [0, 0.05) is 19.2 Å². The van der Waals surface area contributed by atoms with Crippen LogP contribution in [0.3, 0.4) is 0 Å². The number of hydrogen-bond acceptors (Lipinski definition) is 3.